The van der Waals surface area contributed by atoms with E-state index in [9.17, 15) is 14.4 Å². The van der Waals surface area contributed by atoms with Crippen LogP contribution in [-0.2, 0) is 15.0 Å². The molecule has 2 aliphatic rings. The van der Waals surface area contributed by atoms with E-state index in [4.69, 9.17) is 0 Å². The van der Waals surface area contributed by atoms with Gasteiger partial charge >= 0.3 is 6.03 Å². The van der Waals surface area contributed by atoms with Crippen molar-refractivity contribution in [2.45, 2.75) is 38.5 Å². The van der Waals surface area contributed by atoms with Gasteiger partial charge in [0.25, 0.3) is 0 Å². The molecule has 32 heavy (non-hydrogen) atoms. The number of carbonyl (C=O) groups excluding carboxylic acids is 3. The summed E-state index contributed by atoms with van der Waals surface area (Å²) in [5.41, 5.74) is 3.29. The van der Waals surface area contributed by atoms with Crippen molar-refractivity contribution in [3.63, 3.8) is 0 Å². The summed E-state index contributed by atoms with van der Waals surface area (Å²) in [5, 5.41) is 5.44. The Labute approximate surface area is 188 Å². The molecule has 0 aromatic heterocycles. The van der Waals surface area contributed by atoms with Crippen LogP contribution in [0.5, 0.6) is 0 Å². The minimum Gasteiger partial charge on any atom is -0.368 e. The van der Waals surface area contributed by atoms with Crippen LogP contribution in [0.4, 0.5) is 16.2 Å². The van der Waals surface area contributed by atoms with Gasteiger partial charge in [-0.25, -0.2) is 4.79 Å². The lowest BCUT2D eigenvalue weighted by molar-refractivity contribution is -0.138. The van der Waals surface area contributed by atoms with Crippen LogP contribution >= 0.6 is 0 Å². The van der Waals surface area contributed by atoms with E-state index in [1.54, 1.807) is 0 Å². The average Bonchev–Trinajstić information content (AvgIpc) is 2.80. The van der Waals surface area contributed by atoms with Gasteiger partial charge in [-0.15, -0.1) is 0 Å². The van der Waals surface area contributed by atoms with Gasteiger partial charge in [0.2, 0.25) is 11.8 Å². The standard InChI is InChI=1S/C25H30N4O3/c1-3-25(12-11-22(30)27-23(25)31)19-7-9-20(10-8-19)26-24(32)29-15-13-28(14-16-29)21-6-4-5-18(2)17-21/h4-10,17H,3,11-16H2,1-2H3,(H,26,32)(H,27,30,31)/t25-/m0/s1. The molecule has 7 nitrogen and oxygen atoms in total. The van der Waals surface area contributed by atoms with Crippen LogP contribution in [-0.4, -0.2) is 48.9 Å². The summed E-state index contributed by atoms with van der Waals surface area (Å²) in [4.78, 5) is 41.0. The molecule has 0 spiro atoms. The largest absolute Gasteiger partial charge is 0.368 e. The molecule has 7 heteroatoms. The molecule has 2 aliphatic heterocycles. The predicted molar refractivity (Wildman–Crippen MR) is 125 cm³/mol. The number of piperazine rings is 1. The van der Waals surface area contributed by atoms with E-state index >= 15 is 0 Å². The Morgan fingerprint density at radius 3 is 2.41 bits per heavy atom. The second kappa shape index (κ2) is 9.02. The molecule has 1 atom stereocenters. The molecule has 0 radical (unpaired) electrons. The minimum atomic E-state index is -0.692. The van der Waals surface area contributed by atoms with Crippen molar-refractivity contribution in [2.24, 2.45) is 0 Å². The van der Waals surface area contributed by atoms with Gasteiger partial charge in [0.15, 0.2) is 0 Å². The minimum absolute atomic E-state index is 0.118. The first-order valence-corrected chi connectivity index (χ1v) is 11.2. The second-order valence-electron chi connectivity index (χ2n) is 8.63. The number of carbonyl (C=O) groups is 3. The number of hydrogen-bond acceptors (Lipinski definition) is 4. The topological polar surface area (TPSA) is 81.8 Å². The predicted octanol–water partition coefficient (Wildman–Crippen LogP) is 3.43. The SMILES string of the molecule is CC[C@@]1(c2ccc(NC(=O)N3CCN(c4cccc(C)c4)CC3)cc2)CCC(=O)NC1=O. The van der Waals surface area contributed by atoms with Crippen LogP contribution in [0.2, 0.25) is 0 Å². The molecule has 0 saturated carbocycles. The molecule has 2 N–H and O–H groups in total. The van der Waals surface area contributed by atoms with E-state index in [1.165, 1.54) is 11.3 Å². The molecule has 2 fully saturated rings. The summed E-state index contributed by atoms with van der Waals surface area (Å²) < 4.78 is 0. The summed E-state index contributed by atoms with van der Waals surface area (Å²) in [7, 11) is 0. The number of imide groups is 1. The fourth-order valence-corrected chi connectivity index (χ4v) is 4.63. The average molecular weight is 435 g/mol. The Hall–Kier alpha value is -3.35. The van der Waals surface area contributed by atoms with E-state index in [0.29, 0.717) is 38.0 Å². The quantitative estimate of drug-likeness (QED) is 0.723. The summed E-state index contributed by atoms with van der Waals surface area (Å²) in [6.45, 7) is 6.95. The zero-order valence-corrected chi connectivity index (χ0v) is 18.7. The Bertz CT molecular complexity index is 1010. The molecule has 2 aromatic rings. The Kier molecular flexibility index (Phi) is 6.17. The fourth-order valence-electron chi connectivity index (χ4n) is 4.63. The van der Waals surface area contributed by atoms with E-state index in [2.05, 4.69) is 46.7 Å². The van der Waals surface area contributed by atoms with Gasteiger partial charge in [0.05, 0.1) is 5.41 Å². The van der Waals surface area contributed by atoms with Crippen molar-refractivity contribution < 1.29 is 14.4 Å². The summed E-state index contributed by atoms with van der Waals surface area (Å²) in [6.07, 6.45) is 1.46. The lowest BCUT2D eigenvalue weighted by Gasteiger charge is -2.36. The first-order valence-electron chi connectivity index (χ1n) is 11.2. The van der Waals surface area contributed by atoms with Gasteiger partial charge in [0, 0.05) is 44.0 Å². The van der Waals surface area contributed by atoms with Crippen molar-refractivity contribution in [3.05, 3.63) is 59.7 Å². The zero-order valence-electron chi connectivity index (χ0n) is 18.7. The van der Waals surface area contributed by atoms with Crippen molar-refractivity contribution in [1.82, 2.24) is 10.2 Å². The molecule has 0 unspecified atom stereocenters. The van der Waals surface area contributed by atoms with Gasteiger partial charge in [-0.05, 0) is 55.2 Å². The van der Waals surface area contributed by atoms with Crippen molar-refractivity contribution in [3.8, 4) is 0 Å². The molecule has 2 saturated heterocycles. The van der Waals surface area contributed by atoms with Crippen LogP contribution in [0.1, 0.15) is 37.3 Å². The van der Waals surface area contributed by atoms with E-state index in [-0.39, 0.29) is 17.8 Å². The third-order valence-corrected chi connectivity index (χ3v) is 6.69. The monoisotopic (exact) mass is 434 g/mol. The van der Waals surface area contributed by atoms with Crippen LogP contribution in [0.25, 0.3) is 0 Å². The van der Waals surface area contributed by atoms with Gasteiger partial charge < -0.3 is 15.1 Å². The van der Waals surface area contributed by atoms with Crippen LogP contribution in [0, 0.1) is 6.92 Å². The van der Waals surface area contributed by atoms with Gasteiger partial charge in [-0.3, -0.25) is 14.9 Å². The number of hydrogen-bond donors (Lipinski definition) is 2. The Morgan fingerprint density at radius 2 is 1.78 bits per heavy atom. The number of nitrogens with zero attached hydrogens (tertiary/aromatic N) is 2. The maximum Gasteiger partial charge on any atom is 0.321 e. The van der Waals surface area contributed by atoms with Crippen LogP contribution in [0.3, 0.4) is 0 Å². The van der Waals surface area contributed by atoms with Crippen molar-refractivity contribution in [1.29, 1.82) is 0 Å². The highest BCUT2D eigenvalue weighted by atomic mass is 16.2. The normalized spacial score (nSPS) is 21.3. The Morgan fingerprint density at radius 1 is 1.06 bits per heavy atom. The van der Waals surface area contributed by atoms with E-state index in [1.807, 2.05) is 36.1 Å². The Balaban J connectivity index is 1.36. The summed E-state index contributed by atoms with van der Waals surface area (Å²) in [6, 6.07) is 15.7. The van der Waals surface area contributed by atoms with Crippen LogP contribution in [0.15, 0.2) is 48.5 Å². The number of piperidine rings is 1. The number of anilines is 2. The lowest BCUT2D eigenvalue weighted by atomic mass is 9.72. The number of urea groups is 1. The first-order chi connectivity index (χ1) is 15.4. The van der Waals surface area contributed by atoms with Gasteiger partial charge in [0.1, 0.15) is 0 Å². The van der Waals surface area contributed by atoms with Crippen molar-refractivity contribution >= 4 is 29.2 Å². The van der Waals surface area contributed by atoms with Gasteiger partial charge in [-0.2, -0.15) is 0 Å². The number of amides is 4. The molecular weight excluding hydrogens is 404 g/mol. The molecule has 168 valence electrons. The number of benzene rings is 2. The maximum absolute atomic E-state index is 12.8. The smallest absolute Gasteiger partial charge is 0.321 e. The van der Waals surface area contributed by atoms with Gasteiger partial charge in [-0.1, -0.05) is 31.2 Å². The summed E-state index contributed by atoms with van der Waals surface area (Å²) in [5.74, 6) is -0.454. The molecule has 2 aromatic carbocycles. The molecule has 4 amide bonds. The molecule has 0 bridgehead atoms. The molecule has 4 rings (SSSR count). The molecule has 2 heterocycles. The number of rotatable bonds is 4. The first kappa shape index (κ1) is 21.9. The highest BCUT2D eigenvalue weighted by Gasteiger charge is 2.42. The van der Waals surface area contributed by atoms with E-state index < -0.39 is 5.41 Å². The third-order valence-electron chi connectivity index (χ3n) is 6.69. The highest BCUT2D eigenvalue weighted by molar-refractivity contribution is 6.03. The lowest BCUT2D eigenvalue weighted by Crippen LogP contribution is -2.51. The maximum atomic E-state index is 12.8. The zero-order chi connectivity index (χ0) is 22.7. The summed E-state index contributed by atoms with van der Waals surface area (Å²) >= 11 is 0. The third kappa shape index (κ3) is 4.33. The highest BCUT2D eigenvalue weighted by Crippen LogP contribution is 2.36. The molecular formula is C25H30N4O3. The second-order valence-corrected chi connectivity index (χ2v) is 8.63. The number of nitrogens with one attached hydrogen (secondary N) is 2. The van der Waals surface area contributed by atoms with Crippen LogP contribution < -0.4 is 15.5 Å². The van der Waals surface area contributed by atoms with E-state index in [0.717, 1.165) is 18.7 Å². The fraction of sp³-hybridized carbons (Fsp3) is 0.400. The molecule has 0 aliphatic carbocycles. The number of aryl methyl sites for hydroxylation is 1. The van der Waals surface area contributed by atoms with Crippen molar-refractivity contribution in [2.75, 3.05) is 36.4 Å².